The van der Waals surface area contributed by atoms with Gasteiger partial charge in [-0.1, -0.05) is 59.7 Å². The van der Waals surface area contributed by atoms with Gasteiger partial charge in [-0.2, -0.15) is 0 Å². The van der Waals surface area contributed by atoms with Crippen LogP contribution in [0.4, 0.5) is 4.39 Å². The van der Waals surface area contributed by atoms with Gasteiger partial charge in [0.05, 0.1) is 28.2 Å². The number of hydrogen-bond acceptors (Lipinski definition) is 2. The van der Waals surface area contributed by atoms with E-state index in [0.29, 0.717) is 29.6 Å². The Labute approximate surface area is 176 Å². The second-order valence-corrected chi connectivity index (χ2v) is 9.13. The monoisotopic (exact) mass is 416 g/mol. The van der Waals surface area contributed by atoms with E-state index in [-0.39, 0.29) is 5.82 Å². The van der Waals surface area contributed by atoms with Crippen molar-refractivity contribution in [3.63, 3.8) is 0 Å². The molecule has 0 saturated heterocycles. The molecule has 1 atom stereocenters. The van der Waals surface area contributed by atoms with Gasteiger partial charge >= 0.3 is 0 Å². The Hall–Kier alpha value is -2.01. The maximum Gasteiger partial charge on any atom is 0.127 e. The van der Waals surface area contributed by atoms with Crippen LogP contribution in [0.3, 0.4) is 0 Å². The minimum Gasteiger partial charge on any atom is -0.334 e. The van der Waals surface area contributed by atoms with E-state index in [4.69, 9.17) is 0 Å². The van der Waals surface area contributed by atoms with Gasteiger partial charge in [0.15, 0.2) is 0 Å². The third-order valence-electron chi connectivity index (χ3n) is 5.03. The Kier molecular flexibility index (Phi) is 8.14. The summed E-state index contributed by atoms with van der Waals surface area (Å²) in [6.45, 7) is 12.5. The SMILES string of the molecule is CC.CC(C)c1ccc(F)c2c1S(=O)CC2.CC(C)c1cccc2c1ncn2C. The van der Waals surface area contributed by atoms with Crippen LogP contribution < -0.4 is 0 Å². The number of rotatable bonds is 2. The maximum atomic E-state index is 13.4. The molecule has 1 aromatic heterocycles. The molecule has 0 saturated carbocycles. The molecule has 0 N–H and O–H groups in total. The number of hydrogen-bond donors (Lipinski definition) is 0. The molecule has 3 nitrogen and oxygen atoms in total. The first-order chi connectivity index (χ1) is 13.8. The van der Waals surface area contributed by atoms with Crippen LogP contribution in [0.5, 0.6) is 0 Å². The van der Waals surface area contributed by atoms with E-state index in [0.717, 1.165) is 16.0 Å². The summed E-state index contributed by atoms with van der Waals surface area (Å²) in [5, 5.41) is 0. The lowest BCUT2D eigenvalue weighted by atomic mass is 9.99. The lowest BCUT2D eigenvalue weighted by Crippen LogP contribution is -1.99. The fourth-order valence-corrected chi connectivity index (χ4v) is 5.16. The van der Waals surface area contributed by atoms with Gasteiger partial charge in [-0.05, 0) is 41.5 Å². The van der Waals surface area contributed by atoms with Crippen LogP contribution in [0.2, 0.25) is 0 Å². The Morgan fingerprint density at radius 1 is 1.03 bits per heavy atom. The summed E-state index contributed by atoms with van der Waals surface area (Å²) in [4.78, 5) is 5.17. The molecule has 2 aromatic carbocycles. The highest BCUT2D eigenvalue weighted by atomic mass is 32.2. The predicted octanol–water partition coefficient (Wildman–Crippen LogP) is 6.34. The molecule has 2 heterocycles. The molecular formula is C24H33FN2OS. The number of imidazole rings is 1. The highest BCUT2D eigenvalue weighted by molar-refractivity contribution is 7.85. The van der Waals surface area contributed by atoms with Crippen molar-refractivity contribution in [2.24, 2.45) is 7.05 Å². The Balaban J connectivity index is 0.000000191. The maximum absolute atomic E-state index is 13.4. The zero-order chi connectivity index (χ0) is 21.7. The van der Waals surface area contributed by atoms with Gasteiger partial charge in [0.1, 0.15) is 5.82 Å². The van der Waals surface area contributed by atoms with Gasteiger partial charge in [-0.15, -0.1) is 0 Å². The van der Waals surface area contributed by atoms with Crippen molar-refractivity contribution in [3.8, 4) is 0 Å². The molecule has 0 aliphatic carbocycles. The molecule has 1 unspecified atom stereocenters. The second kappa shape index (κ2) is 10.1. The first-order valence-corrected chi connectivity index (χ1v) is 11.7. The molecule has 29 heavy (non-hydrogen) atoms. The highest BCUT2D eigenvalue weighted by Crippen LogP contribution is 2.32. The van der Waals surface area contributed by atoms with Crippen LogP contribution in [-0.2, 0) is 24.3 Å². The number of fused-ring (bicyclic) bond motifs is 2. The summed E-state index contributed by atoms with van der Waals surface area (Å²) >= 11 is 0. The van der Waals surface area contributed by atoms with Crippen LogP contribution in [0.15, 0.2) is 41.6 Å². The molecule has 5 heteroatoms. The highest BCUT2D eigenvalue weighted by Gasteiger charge is 2.25. The predicted molar refractivity (Wildman–Crippen MR) is 122 cm³/mol. The first-order valence-electron chi connectivity index (χ1n) is 10.4. The van der Waals surface area contributed by atoms with Gasteiger partial charge < -0.3 is 4.57 Å². The number of aromatic nitrogens is 2. The lowest BCUT2D eigenvalue weighted by Gasteiger charge is -2.11. The molecule has 4 rings (SSSR count). The number of aryl methyl sites for hydroxylation is 1. The van der Waals surface area contributed by atoms with Crippen LogP contribution in [0.1, 0.15) is 70.1 Å². The topological polar surface area (TPSA) is 34.9 Å². The smallest absolute Gasteiger partial charge is 0.127 e. The summed E-state index contributed by atoms with van der Waals surface area (Å²) in [7, 11) is 1.05. The zero-order valence-corrected chi connectivity index (χ0v) is 19.4. The van der Waals surface area contributed by atoms with Crippen molar-refractivity contribution in [2.45, 2.75) is 64.7 Å². The molecule has 0 bridgehead atoms. The molecular weight excluding hydrogens is 383 g/mol. The van der Waals surface area contributed by atoms with Crippen molar-refractivity contribution in [2.75, 3.05) is 5.75 Å². The molecule has 158 valence electrons. The van der Waals surface area contributed by atoms with Gasteiger partial charge in [-0.3, -0.25) is 4.21 Å². The average molecular weight is 417 g/mol. The van der Waals surface area contributed by atoms with Crippen LogP contribution in [0, 0.1) is 5.82 Å². The van der Waals surface area contributed by atoms with E-state index in [2.05, 4.69) is 41.6 Å². The number of nitrogens with zero attached hydrogens (tertiary/aromatic N) is 2. The molecule has 3 aromatic rings. The zero-order valence-electron chi connectivity index (χ0n) is 18.6. The minimum atomic E-state index is -0.980. The number of benzene rings is 2. The van der Waals surface area contributed by atoms with E-state index in [1.54, 1.807) is 6.07 Å². The summed E-state index contributed by atoms with van der Waals surface area (Å²) in [5.74, 6) is 1.23. The number of halogens is 1. The molecule has 0 amide bonds. The van der Waals surface area contributed by atoms with E-state index >= 15 is 0 Å². The second-order valence-electron chi connectivity index (χ2n) is 7.62. The molecule has 1 aliphatic heterocycles. The third-order valence-corrected chi connectivity index (χ3v) is 6.54. The Bertz CT molecular complexity index is 992. The van der Waals surface area contributed by atoms with Crippen LogP contribution in [0.25, 0.3) is 11.0 Å². The normalized spacial score (nSPS) is 15.0. The van der Waals surface area contributed by atoms with Gasteiger partial charge in [-0.25, -0.2) is 9.37 Å². The average Bonchev–Trinajstić information content (AvgIpc) is 3.28. The summed E-state index contributed by atoms with van der Waals surface area (Å²) < 4.78 is 27.1. The van der Waals surface area contributed by atoms with E-state index < -0.39 is 10.8 Å². The van der Waals surface area contributed by atoms with Crippen LogP contribution in [-0.4, -0.2) is 19.5 Å². The molecule has 0 radical (unpaired) electrons. The summed E-state index contributed by atoms with van der Waals surface area (Å²) in [5.41, 5.74) is 5.40. The van der Waals surface area contributed by atoms with Gasteiger partial charge in [0.2, 0.25) is 0 Å². The molecule has 1 aliphatic rings. The standard InChI is InChI=1S/C11H13FOS.C11H14N2.C2H6/c1-7(2)8-3-4-10(12)9-5-6-14(13)11(8)9;1-8(2)9-5-4-6-10-11(9)12-7-13(10)3;1-2/h3-4,7H,5-6H2,1-2H3;4-8H,1-3H3;1-2H3. The van der Waals surface area contributed by atoms with Crippen molar-refractivity contribution < 1.29 is 8.60 Å². The van der Waals surface area contributed by atoms with E-state index in [9.17, 15) is 8.60 Å². The van der Waals surface area contributed by atoms with E-state index in [1.165, 1.54) is 17.1 Å². The van der Waals surface area contributed by atoms with Gasteiger partial charge in [0, 0.05) is 23.3 Å². The van der Waals surface area contributed by atoms with Crippen molar-refractivity contribution >= 4 is 21.8 Å². The Morgan fingerprint density at radius 3 is 2.31 bits per heavy atom. The molecule has 0 spiro atoms. The third kappa shape index (κ3) is 4.95. The van der Waals surface area contributed by atoms with Crippen LogP contribution >= 0.6 is 0 Å². The van der Waals surface area contributed by atoms with Crippen molar-refractivity contribution in [1.29, 1.82) is 0 Å². The fourth-order valence-electron chi connectivity index (χ4n) is 3.52. The quantitative estimate of drug-likeness (QED) is 0.489. The fraction of sp³-hybridized carbons (Fsp3) is 0.458. The van der Waals surface area contributed by atoms with Crippen molar-refractivity contribution in [1.82, 2.24) is 9.55 Å². The van der Waals surface area contributed by atoms with E-state index in [1.807, 2.05) is 41.1 Å². The number of para-hydroxylation sites is 1. The first kappa shape index (κ1) is 23.3. The summed E-state index contributed by atoms with van der Waals surface area (Å²) in [6.07, 6.45) is 2.49. The summed E-state index contributed by atoms with van der Waals surface area (Å²) in [6, 6.07) is 9.62. The lowest BCUT2D eigenvalue weighted by molar-refractivity contribution is 0.605. The minimum absolute atomic E-state index is 0.199. The largest absolute Gasteiger partial charge is 0.334 e. The molecule has 0 fully saturated rings. The Morgan fingerprint density at radius 2 is 1.69 bits per heavy atom. The van der Waals surface area contributed by atoms with Gasteiger partial charge in [0.25, 0.3) is 0 Å². The van der Waals surface area contributed by atoms with Crippen molar-refractivity contribution in [3.05, 3.63) is 59.2 Å².